The molecule has 0 saturated carbocycles. The van der Waals surface area contributed by atoms with E-state index in [9.17, 15) is 19.7 Å². The molecule has 0 aliphatic heterocycles. The lowest BCUT2D eigenvalue weighted by molar-refractivity contribution is -0.385. The molecular weight excluding hydrogens is 415 g/mol. The average molecular weight is 434 g/mol. The van der Waals surface area contributed by atoms with Crippen LogP contribution >= 0.6 is 22.6 Å². The summed E-state index contributed by atoms with van der Waals surface area (Å²) in [4.78, 5) is 33.4. The van der Waals surface area contributed by atoms with E-state index in [1.54, 1.807) is 0 Å². The van der Waals surface area contributed by atoms with Gasteiger partial charge in [0, 0.05) is 24.6 Å². The average Bonchev–Trinajstić information content (AvgIpc) is 2.56. The number of hydrogen-bond acceptors (Lipinski definition) is 5. The van der Waals surface area contributed by atoms with Crippen LogP contribution in [-0.4, -0.2) is 32.7 Å². The van der Waals surface area contributed by atoms with Crippen molar-refractivity contribution in [1.29, 1.82) is 0 Å². The topological polar surface area (TPSA) is 110 Å². The fraction of sp³-hybridized carbons (Fsp3) is 0.467. The minimum absolute atomic E-state index is 0.173. The normalized spacial score (nSPS) is 10.3. The summed E-state index contributed by atoms with van der Waals surface area (Å²) in [6.45, 7) is 0.000955. The van der Waals surface area contributed by atoms with E-state index in [1.807, 2.05) is 22.6 Å². The number of rotatable bonds is 10. The van der Waals surface area contributed by atoms with Crippen molar-refractivity contribution in [2.24, 2.45) is 0 Å². The summed E-state index contributed by atoms with van der Waals surface area (Å²) in [6, 6.07) is 4.00. The van der Waals surface area contributed by atoms with Crippen LogP contribution in [0.4, 0.5) is 5.69 Å². The van der Waals surface area contributed by atoms with Gasteiger partial charge in [0.15, 0.2) is 0 Å². The lowest BCUT2D eigenvalue weighted by atomic mass is 10.1. The number of nitrogens with zero attached hydrogens (tertiary/aromatic N) is 1. The maximum Gasteiger partial charge on any atom is 0.275 e. The molecule has 0 aliphatic carbocycles. The van der Waals surface area contributed by atoms with Gasteiger partial charge in [-0.1, -0.05) is 29.0 Å². The molecule has 1 amide bonds. The first-order chi connectivity index (χ1) is 11.0. The number of alkyl halides is 1. The molecule has 0 atom stereocenters. The monoisotopic (exact) mass is 434 g/mol. The lowest BCUT2D eigenvalue weighted by Gasteiger charge is -2.06. The predicted molar refractivity (Wildman–Crippen MR) is 93.7 cm³/mol. The Labute approximate surface area is 147 Å². The van der Waals surface area contributed by atoms with Gasteiger partial charge in [0.05, 0.1) is 21.5 Å². The van der Waals surface area contributed by atoms with Gasteiger partial charge in [-0.2, -0.15) is 0 Å². The Hall–Kier alpha value is -1.55. The third kappa shape index (κ3) is 6.61. The molecule has 1 aromatic carbocycles. The largest absolute Gasteiger partial charge is 0.391 e. The first-order valence-electron chi connectivity index (χ1n) is 7.23. The zero-order valence-corrected chi connectivity index (χ0v) is 14.7. The smallest absolute Gasteiger partial charge is 0.275 e. The zero-order valence-electron chi connectivity index (χ0n) is 12.6. The highest BCUT2D eigenvalue weighted by Gasteiger charge is 2.16. The molecule has 0 radical (unpaired) electrons. The predicted octanol–water partition coefficient (Wildman–Crippen LogP) is 2.38. The van der Waals surface area contributed by atoms with Gasteiger partial charge in [-0.15, -0.1) is 0 Å². The Kier molecular flexibility index (Phi) is 8.70. The third-order valence-corrected chi connectivity index (χ3v) is 4.13. The van der Waals surface area contributed by atoms with Crippen molar-refractivity contribution in [1.82, 2.24) is 5.32 Å². The molecule has 0 bridgehead atoms. The number of aliphatic hydroxyl groups is 1. The Morgan fingerprint density at radius 3 is 2.61 bits per heavy atom. The number of nitro benzene ring substituents is 1. The van der Waals surface area contributed by atoms with Crippen molar-refractivity contribution in [3.63, 3.8) is 0 Å². The van der Waals surface area contributed by atoms with Crippen molar-refractivity contribution in [3.8, 4) is 0 Å². The molecule has 0 aliphatic rings. The molecular formula is C15H19IN2O5. The molecule has 0 heterocycles. The molecule has 0 aromatic heterocycles. The molecule has 0 saturated heterocycles. The SMILES string of the molecule is O=C(CI)CCCCCNC(=O)c1ccc(CO)c([N+](=O)[O-])c1. The molecule has 7 nitrogen and oxygen atoms in total. The zero-order chi connectivity index (χ0) is 17.2. The number of carbonyl (C=O) groups is 2. The molecule has 23 heavy (non-hydrogen) atoms. The van der Waals surface area contributed by atoms with E-state index in [4.69, 9.17) is 5.11 Å². The summed E-state index contributed by atoms with van der Waals surface area (Å²) in [5.41, 5.74) is 0.0953. The number of amides is 1. The van der Waals surface area contributed by atoms with Gasteiger partial charge >= 0.3 is 0 Å². The highest BCUT2D eigenvalue weighted by atomic mass is 127. The fourth-order valence-electron chi connectivity index (χ4n) is 2.00. The Balaban J connectivity index is 2.45. The minimum Gasteiger partial charge on any atom is -0.391 e. The van der Waals surface area contributed by atoms with Crippen LogP contribution in [0.5, 0.6) is 0 Å². The number of ketones is 1. The Bertz CT molecular complexity index is 577. The number of halogens is 1. The number of nitrogens with one attached hydrogen (secondary N) is 1. The quantitative estimate of drug-likeness (QED) is 0.193. The first kappa shape index (κ1) is 19.5. The van der Waals surface area contributed by atoms with Crippen LogP contribution in [0, 0.1) is 10.1 Å². The van der Waals surface area contributed by atoms with Crippen molar-refractivity contribution in [3.05, 3.63) is 39.4 Å². The number of benzene rings is 1. The Morgan fingerprint density at radius 1 is 1.26 bits per heavy atom. The standard InChI is InChI=1S/C15H19IN2O5/c16-9-13(20)4-2-1-3-7-17-15(21)11-5-6-12(10-19)14(8-11)18(22)23/h5-6,8,19H,1-4,7,9-10H2,(H,17,21). The van der Waals surface area contributed by atoms with E-state index in [1.165, 1.54) is 18.2 Å². The van der Waals surface area contributed by atoms with Crippen LogP contribution in [-0.2, 0) is 11.4 Å². The van der Waals surface area contributed by atoms with Crippen molar-refractivity contribution >= 4 is 40.0 Å². The summed E-state index contributed by atoms with van der Waals surface area (Å²) in [6.07, 6.45) is 2.95. The summed E-state index contributed by atoms with van der Waals surface area (Å²) in [7, 11) is 0. The summed E-state index contributed by atoms with van der Waals surface area (Å²) in [5.74, 6) is -0.160. The molecule has 8 heteroatoms. The van der Waals surface area contributed by atoms with Crippen LogP contribution < -0.4 is 5.32 Å². The number of hydrogen-bond donors (Lipinski definition) is 2. The second-order valence-corrected chi connectivity index (χ2v) is 5.76. The van der Waals surface area contributed by atoms with Gasteiger partial charge in [0.25, 0.3) is 11.6 Å². The summed E-state index contributed by atoms with van der Waals surface area (Å²) >= 11 is 2.04. The summed E-state index contributed by atoms with van der Waals surface area (Å²) in [5, 5.41) is 22.6. The molecule has 126 valence electrons. The van der Waals surface area contributed by atoms with Gasteiger partial charge in [-0.05, 0) is 25.0 Å². The van der Waals surface area contributed by atoms with Crippen LogP contribution in [0.15, 0.2) is 18.2 Å². The molecule has 1 rings (SSSR count). The van der Waals surface area contributed by atoms with E-state index in [-0.39, 0.29) is 28.5 Å². The number of nitro groups is 1. The van der Waals surface area contributed by atoms with Gasteiger partial charge < -0.3 is 10.4 Å². The highest BCUT2D eigenvalue weighted by Crippen LogP contribution is 2.20. The number of Topliss-reactive ketones (excluding diaryl/α,β-unsaturated/α-hetero) is 1. The lowest BCUT2D eigenvalue weighted by Crippen LogP contribution is -2.24. The van der Waals surface area contributed by atoms with Crippen LogP contribution in [0.3, 0.4) is 0 Å². The maximum atomic E-state index is 12.0. The third-order valence-electron chi connectivity index (χ3n) is 3.28. The van der Waals surface area contributed by atoms with E-state index in [2.05, 4.69) is 5.32 Å². The molecule has 0 unspecified atom stereocenters. The van der Waals surface area contributed by atoms with Crippen molar-refractivity contribution < 1.29 is 19.6 Å². The van der Waals surface area contributed by atoms with Gasteiger partial charge in [-0.3, -0.25) is 19.7 Å². The van der Waals surface area contributed by atoms with Crippen molar-refractivity contribution in [2.75, 3.05) is 11.0 Å². The molecule has 0 spiro atoms. The van der Waals surface area contributed by atoms with E-state index >= 15 is 0 Å². The fourth-order valence-corrected chi connectivity index (χ4v) is 2.38. The second kappa shape index (κ2) is 10.3. The van der Waals surface area contributed by atoms with Crippen LogP contribution in [0.2, 0.25) is 0 Å². The van der Waals surface area contributed by atoms with Crippen molar-refractivity contribution in [2.45, 2.75) is 32.3 Å². The Morgan fingerprint density at radius 2 is 2.00 bits per heavy atom. The molecule has 1 aromatic rings. The minimum atomic E-state index is -0.619. The first-order valence-corrected chi connectivity index (χ1v) is 8.76. The highest BCUT2D eigenvalue weighted by molar-refractivity contribution is 14.1. The van der Waals surface area contributed by atoms with E-state index in [0.29, 0.717) is 17.4 Å². The van der Waals surface area contributed by atoms with Gasteiger partial charge in [0.2, 0.25) is 0 Å². The van der Waals surface area contributed by atoms with Crippen LogP contribution in [0.1, 0.15) is 41.6 Å². The van der Waals surface area contributed by atoms with Crippen LogP contribution in [0.25, 0.3) is 0 Å². The van der Waals surface area contributed by atoms with E-state index in [0.717, 1.165) is 19.3 Å². The number of aliphatic hydroxyl groups excluding tert-OH is 1. The molecule has 0 fully saturated rings. The number of unbranched alkanes of at least 4 members (excludes halogenated alkanes) is 2. The van der Waals surface area contributed by atoms with E-state index < -0.39 is 11.5 Å². The summed E-state index contributed by atoms with van der Waals surface area (Å²) < 4.78 is 0.525. The maximum absolute atomic E-state index is 12.0. The second-order valence-electron chi connectivity index (χ2n) is 5.00. The van der Waals surface area contributed by atoms with Gasteiger partial charge in [0.1, 0.15) is 5.78 Å². The number of carbonyl (C=O) groups excluding carboxylic acids is 2. The van der Waals surface area contributed by atoms with Gasteiger partial charge in [-0.25, -0.2) is 0 Å². The molecule has 2 N–H and O–H groups in total.